The van der Waals surface area contributed by atoms with E-state index in [4.69, 9.17) is 0 Å². The number of likely N-dealkylation sites (N-methyl/N-ethyl adjacent to an activating group) is 1. The van der Waals surface area contributed by atoms with Crippen molar-refractivity contribution in [3.8, 4) is 11.4 Å². The number of benzene rings is 2. The number of nitrogens with one attached hydrogen (secondary N) is 1. The quantitative estimate of drug-likeness (QED) is 0.562. The van der Waals surface area contributed by atoms with Crippen molar-refractivity contribution in [2.24, 2.45) is 0 Å². The van der Waals surface area contributed by atoms with Crippen LogP contribution in [0.4, 0.5) is 15.9 Å². The minimum atomic E-state index is -0.404. The van der Waals surface area contributed by atoms with Gasteiger partial charge in [-0.25, -0.2) is 14.4 Å². The predicted octanol–water partition coefficient (Wildman–Crippen LogP) is 3.91. The highest BCUT2D eigenvalue weighted by atomic mass is 19.1. The number of hydrogen-bond acceptors (Lipinski definition) is 5. The van der Waals surface area contributed by atoms with Crippen LogP contribution in [0.1, 0.15) is 0 Å². The molecule has 0 saturated heterocycles. The Labute approximate surface area is 167 Å². The van der Waals surface area contributed by atoms with E-state index < -0.39 is 5.82 Å². The zero-order valence-corrected chi connectivity index (χ0v) is 15.7. The maximum atomic E-state index is 13.3. The van der Waals surface area contributed by atoms with Crippen LogP contribution in [0.3, 0.4) is 0 Å². The van der Waals surface area contributed by atoms with Gasteiger partial charge in [0.15, 0.2) is 5.82 Å². The molecule has 0 spiro atoms. The van der Waals surface area contributed by atoms with Crippen molar-refractivity contribution < 1.29 is 9.18 Å². The fourth-order valence-electron chi connectivity index (χ4n) is 3.03. The van der Waals surface area contributed by atoms with Gasteiger partial charge in [0.1, 0.15) is 11.6 Å². The Kier molecular flexibility index (Phi) is 5.11. The molecule has 0 fully saturated rings. The molecule has 0 aliphatic carbocycles. The van der Waals surface area contributed by atoms with Crippen molar-refractivity contribution in [2.75, 3.05) is 23.8 Å². The highest BCUT2D eigenvalue weighted by molar-refractivity contribution is 5.96. The lowest BCUT2D eigenvalue weighted by Crippen LogP contribution is -2.31. The highest BCUT2D eigenvalue weighted by Crippen LogP contribution is 2.26. The first kappa shape index (κ1) is 18.5. The fourth-order valence-corrected chi connectivity index (χ4v) is 3.03. The van der Waals surface area contributed by atoms with Gasteiger partial charge in [-0.05, 0) is 42.5 Å². The third kappa shape index (κ3) is 4.19. The molecule has 1 N–H and O–H groups in total. The normalized spacial score (nSPS) is 10.7. The van der Waals surface area contributed by atoms with Crippen LogP contribution in [0.25, 0.3) is 22.3 Å². The molecule has 4 aromatic rings. The molecule has 4 rings (SSSR count). The molecule has 0 aliphatic heterocycles. The maximum absolute atomic E-state index is 13.3. The van der Waals surface area contributed by atoms with E-state index in [1.165, 1.54) is 12.1 Å². The first-order chi connectivity index (χ1) is 14.1. The highest BCUT2D eigenvalue weighted by Gasteiger charge is 2.15. The summed E-state index contributed by atoms with van der Waals surface area (Å²) in [7, 11) is 1.78. The molecule has 0 radical (unpaired) electrons. The minimum absolute atomic E-state index is 0.0456. The SMILES string of the molecule is CN(CC(=O)Nc1cccc(F)c1)c1nc(-c2cccnc2)nc2ccccc12. The van der Waals surface area contributed by atoms with E-state index in [0.717, 1.165) is 16.5 Å². The van der Waals surface area contributed by atoms with E-state index in [2.05, 4.69) is 20.3 Å². The lowest BCUT2D eigenvalue weighted by molar-refractivity contribution is -0.114. The van der Waals surface area contributed by atoms with Gasteiger partial charge < -0.3 is 10.2 Å². The number of halogens is 1. The third-order valence-electron chi connectivity index (χ3n) is 4.35. The smallest absolute Gasteiger partial charge is 0.243 e. The maximum Gasteiger partial charge on any atom is 0.243 e. The Morgan fingerprint density at radius 3 is 2.72 bits per heavy atom. The van der Waals surface area contributed by atoms with Crippen LogP contribution in [0.5, 0.6) is 0 Å². The lowest BCUT2D eigenvalue weighted by atomic mass is 10.2. The summed E-state index contributed by atoms with van der Waals surface area (Å²) in [6.45, 7) is 0.0456. The molecule has 0 saturated carbocycles. The number of para-hydroxylation sites is 1. The summed E-state index contributed by atoms with van der Waals surface area (Å²) in [5.41, 5.74) is 1.97. The fraction of sp³-hybridized carbons (Fsp3) is 0.0909. The zero-order valence-electron chi connectivity index (χ0n) is 15.7. The summed E-state index contributed by atoms with van der Waals surface area (Å²) in [6, 6.07) is 17.1. The average molecular weight is 387 g/mol. The number of fused-ring (bicyclic) bond motifs is 1. The predicted molar refractivity (Wildman–Crippen MR) is 111 cm³/mol. The summed E-state index contributed by atoms with van der Waals surface area (Å²) >= 11 is 0. The van der Waals surface area contributed by atoms with Gasteiger partial charge in [0, 0.05) is 36.1 Å². The average Bonchev–Trinajstić information content (AvgIpc) is 2.73. The van der Waals surface area contributed by atoms with Crippen LogP contribution < -0.4 is 10.2 Å². The zero-order chi connectivity index (χ0) is 20.2. The lowest BCUT2D eigenvalue weighted by Gasteiger charge is -2.20. The number of aromatic nitrogens is 3. The van der Waals surface area contributed by atoms with Gasteiger partial charge in [-0.2, -0.15) is 0 Å². The number of carbonyl (C=O) groups excluding carboxylic acids is 1. The van der Waals surface area contributed by atoms with Crippen LogP contribution >= 0.6 is 0 Å². The van der Waals surface area contributed by atoms with Crippen molar-refractivity contribution >= 4 is 28.3 Å². The summed E-state index contributed by atoms with van der Waals surface area (Å²) in [4.78, 5) is 27.7. The molecule has 2 aromatic heterocycles. The number of carbonyl (C=O) groups is 1. The summed E-state index contributed by atoms with van der Waals surface area (Å²) in [6.07, 6.45) is 3.39. The van der Waals surface area contributed by atoms with Crippen molar-refractivity contribution in [3.05, 3.63) is 78.9 Å². The van der Waals surface area contributed by atoms with Gasteiger partial charge in [0.05, 0.1) is 12.1 Å². The second-order valence-corrected chi connectivity index (χ2v) is 6.54. The van der Waals surface area contributed by atoms with Crippen LogP contribution in [0.2, 0.25) is 0 Å². The van der Waals surface area contributed by atoms with Gasteiger partial charge >= 0.3 is 0 Å². The van der Waals surface area contributed by atoms with Gasteiger partial charge in [0.25, 0.3) is 0 Å². The van der Waals surface area contributed by atoms with Crippen LogP contribution in [-0.4, -0.2) is 34.5 Å². The summed E-state index contributed by atoms with van der Waals surface area (Å²) in [5, 5.41) is 3.54. The second-order valence-electron chi connectivity index (χ2n) is 6.54. The van der Waals surface area contributed by atoms with Crippen LogP contribution in [0, 0.1) is 5.82 Å². The molecule has 2 aromatic carbocycles. The Bertz CT molecular complexity index is 1170. The number of pyridine rings is 1. The van der Waals surface area contributed by atoms with Gasteiger partial charge in [0.2, 0.25) is 5.91 Å². The van der Waals surface area contributed by atoms with E-state index in [-0.39, 0.29) is 12.5 Å². The van der Waals surface area contributed by atoms with E-state index in [1.54, 1.807) is 36.5 Å². The third-order valence-corrected chi connectivity index (χ3v) is 4.35. The van der Waals surface area contributed by atoms with Crippen LogP contribution in [0.15, 0.2) is 73.1 Å². The molecular formula is C22H18FN5O. The van der Waals surface area contributed by atoms with Crippen molar-refractivity contribution in [1.82, 2.24) is 15.0 Å². The number of hydrogen-bond donors (Lipinski definition) is 1. The molecule has 1 amide bonds. The topological polar surface area (TPSA) is 71.0 Å². The molecule has 144 valence electrons. The van der Waals surface area contributed by atoms with E-state index >= 15 is 0 Å². The van der Waals surface area contributed by atoms with E-state index in [1.807, 2.05) is 36.4 Å². The van der Waals surface area contributed by atoms with E-state index in [0.29, 0.717) is 17.3 Å². The van der Waals surface area contributed by atoms with Crippen LogP contribution in [-0.2, 0) is 4.79 Å². The standard InChI is InChI=1S/C22H18FN5O/c1-28(14-20(29)25-17-8-4-7-16(23)12-17)22-18-9-2-3-10-19(18)26-21(27-22)15-6-5-11-24-13-15/h2-13H,14H2,1H3,(H,25,29). The van der Waals surface area contributed by atoms with Gasteiger partial charge in [-0.15, -0.1) is 0 Å². The molecule has 0 unspecified atom stereocenters. The molecule has 0 bridgehead atoms. The molecule has 6 nitrogen and oxygen atoms in total. The van der Waals surface area contributed by atoms with Gasteiger partial charge in [-0.1, -0.05) is 18.2 Å². The minimum Gasteiger partial charge on any atom is -0.350 e. The van der Waals surface area contributed by atoms with Crippen molar-refractivity contribution in [1.29, 1.82) is 0 Å². The molecule has 2 heterocycles. The van der Waals surface area contributed by atoms with Gasteiger partial charge in [-0.3, -0.25) is 9.78 Å². The molecular weight excluding hydrogens is 369 g/mol. The summed E-state index contributed by atoms with van der Waals surface area (Å²) in [5.74, 6) is 0.482. The molecule has 7 heteroatoms. The Balaban J connectivity index is 1.64. The number of rotatable bonds is 5. The molecule has 0 aliphatic rings. The van der Waals surface area contributed by atoms with E-state index in [9.17, 15) is 9.18 Å². The monoisotopic (exact) mass is 387 g/mol. The molecule has 29 heavy (non-hydrogen) atoms. The Morgan fingerprint density at radius 1 is 1.07 bits per heavy atom. The second kappa shape index (κ2) is 8.02. The first-order valence-corrected chi connectivity index (χ1v) is 9.04. The summed E-state index contributed by atoms with van der Waals surface area (Å²) < 4.78 is 13.3. The Hall–Kier alpha value is -3.87. The van der Waals surface area contributed by atoms with Crippen molar-refractivity contribution in [3.63, 3.8) is 0 Å². The number of amides is 1. The number of nitrogens with zero attached hydrogens (tertiary/aromatic N) is 4. The molecule has 0 atom stereocenters. The number of anilines is 2. The largest absolute Gasteiger partial charge is 0.350 e. The first-order valence-electron chi connectivity index (χ1n) is 9.04. The van der Waals surface area contributed by atoms with Crippen molar-refractivity contribution in [2.45, 2.75) is 0 Å². The Morgan fingerprint density at radius 2 is 1.93 bits per heavy atom.